The molecule has 21 heavy (non-hydrogen) atoms. The minimum absolute atomic E-state index is 0.665. The predicted molar refractivity (Wildman–Crippen MR) is 81.9 cm³/mol. The van der Waals surface area contributed by atoms with E-state index in [2.05, 4.69) is 26.0 Å². The third-order valence-corrected chi connectivity index (χ3v) is 3.30. The normalized spacial score (nSPS) is 10.9. The number of rotatable bonds is 6. The maximum atomic E-state index is 5.65. The van der Waals surface area contributed by atoms with E-state index < -0.39 is 0 Å². The Kier molecular flexibility index (Phi) is 4.07. The van der Waals surface area contributed by atoms with Crippen LogP contribution in [0, 0.1) is 0 Å². The number of hydrogen-bond donors (Lipinski definition) is 1. The molecule has 0 aromatic carbocycles. The van der Waals surface area contributed by atoms with Crippen LogP contribution in [0.2, 0.25) is 0 Å². The monoisotopic (exact) mass is 282 g/mol. The fourth-order valence-corrected chi connectivity index (χ4v) is 2.25. The molecular weight excluding hydrogens is 264 g/mol. The standard InChI is InChI=1S/C15H18N6/c16-6-2-9-20(12-13-3-1-7-17-11-13)14-5-10-21-15(19-14)4-8-18-21/h1,3-5,7-8,10-11H,2,6,9,12,16H2. The molecule has 0 atom stereocenters. The molecule has 0 fully saturated rings. The minimum atomic E-state index is 0.665. The summed E-state index contributed by atoms with van der Waals surface area (Å²) in [7, 11) is 0. The molecule has 0 saturated heterocycles. The molecule has 0 unspecified atom stereocenters. The van der Waals surface area contributed by atoms with Gasteiger partial charge in [-0.15, -0.1) is 0 Å². The second kappa shape index (κ2) is 6.32. The number of anilines is 1. The molecule has 0 aliphatic rings. The third-order valence-electron chi connectivity index (χ3n) is 3.30. The molecule has 0 spiro atoms. The van der Waals surface area contributed by atoms with Gasteiger partial charge in [0, 0.05) is 37.7 Å². The first kappa shape index (κ1) is 13.5. The smallest absolute Gasteiger partial charge is 0.157 e. The lowest BCUT2D eigenvalue weighted by Gasteiger charge is -2.23. The van der Waals surface area contributed by atoms with Crippen molar-refractivity contribution in [1.82, 2.24) is 19.6 Å². The summed E-state index contributed by atoms with van der Waals surface area (Å²) in [5, 5.41) is 4.17. The summed E-state index contributed by atoms with van der Waals surface area (Å²) in [6, 6.07) is 7.89. The lowest BCUT2D eigenvalue weighted by atomic mass is 10.2. The zero-order valence-electron chi connectivity index (χ0n) is 11.8. The zero-order chi connectivity index (χ0) is 14.5. The van der Waals surface area contributed by atoms with Crippen molar-refractivity contribution in [3.05, 3.63) is 54.6 Å². The van der Waals surface area contributed by atoms with Crippen molar-refractivity contribution in [2.24, 2.45) is 5.73 Å². The van der Waals surface area contributed by atoms with Crippen molar-refractivity contribution in [3.63, 3.8) is 0 Å². The van der Waals surface area contributed by atoms with Crippen molar-refractivity contribution in [2.75, 3.05) is 18.0 Å². The van der Waals surface area contributed by atoms with E-state index in [4.69, 9.17) is 5.73 Å². The van der Waals surface area contributed by atoms with E-state index >= 15 is 0 Å². The maximum absolute atomic E-state index is 5.65. The van der Waals surface area contributed by atoms with E-state index in [-0.39, 0.29) is 0 Å². The molecule has 3 aromatic rings. The van der Waals surface area contributed by atoms with E-state index in [1.807, 2.05) is 30.6 Å². The molecule has 0 bridgehead atoms. The van der Waals surface area contributed by atoms with Crippen LogP contribution in [-0.2, 0) is 6.54 Å². The van der Waals surface area contributed by atoms with E-state index in [0.717, 1.165) is 36.5 Å². The van der Waals surface area contributed by atoms with Crippen LogP contribution in [0.5, 0.6) is 0 Å². The van der Waals surface area contributed by atoms with E-state index in [1.54, 1.807) is 16.9 Å². The van der Waals surface area contributed by atoms with Gasteiger partial charge in [-0.05, 0) is 30.7 Å². The SMILES string of the molecule is NCCCN(Cc1cccnc1)c1ccn2nccc2n1. The second-order valence-corrected chi connectivity index (χ2v) is 4.84. The molecule has 0 saturated carbocycles. The van der Waals surface area contributed by atoms with Crippen molar-refractivity contribution in [3.8, 4) is 0 Å². The number of hydrogen-bond acceptors (Lipinski definition) is 5. The molecule has 0 radical (unpaired) electrons. The highest BCUT2D eigenvalue weighted by Crippen LogP contribution is 2.15. The van der Waals surface area contributed by atoms with Crippen LogP contribution in [0.25, 0.3) is 5.65 Å². The maximum Gasteiger partial charge on any atom is 0.157 e. The van der Waals surface area contributed by atoms with Crippen LogP contribution in [0.4, 0.5) is 5.82 Å². The summed E-state index contributed by atoms with van der Waals surface area (Å²) in [5.41, 5.74) is 7.65. The first-order chi connectivity index (χ1) is 10.4. The largest absolute Gasteiger partial charge is 0.352 e. The lowest BCUT2D eigenvalue weighted by molar-refractivity contribution is 0.723. The van der Waals surface area contributed by atoms with E-state index in [9.17, 15) is 0 Å². The van der Waals surface area contributed by atoms with Gasteiger partial charge < -0.3 is 10.6 Å². The highest BCUT2D eigenvalue weighted by Gasteiger charge is 2.09. The predicted octanol–water partition coefficient (Wildman–Crippen LogP) is 1.48. The van der Waals surface area contributed by atoms with Gasteiger partial charge in [0.25, 0.3) is 0 Å². The van der Waals surface area contributed by atoms with Crippen LogP contribution in [-0.4, -0.2) is 32.7 Å². The minimum Gasteiger partial charge on any atom is -0.352 e. The topological polar surface area (TPSA) is 72.3 Å². The van der Waals surface area contributed by atoms with Crippen molar-refractivity contribution >= 4 is 11.5 Å². The van der Waals surface area contributed by atoms with Crippen molar-refractivity contribution < 1.29 is 0 Å². The van der Waals surface area contributed by atoms with Crippen LogP contribution in [0.15, 0.2) is 49.1 Å². The van der Waals surface area contributed by atoms with Crippen LogP contribution >= 0.6 is 0 Å². The van der Waals surface area contributed by atoms with Crippen molar-refractivity contribution in [1.29, 1.82) is 0 Å². The van der Waals surface area contributed by atoms with Gasteiger partial charge in [-0.25, -0.2) is 9.50 Å². The number of nitrogens with two attached hydrogens (primary N) is 1. The van der Waals surface area contributed by atoms with Crippen molar-refractivity contribution in [2.45, 2.75) is 13.0 Å². The fourth-order valence-electron chi connectivity index (χ4n) is 2.25. The van der Waals surface area contributed by atoms with Crippen LogP contribution < -0.4 is 10.6 Å². The Morgan fingerprint density at radius 1 is 1.19 bits per heavy atom. The summed E-state index contributed by atoms with van der Waals surface area (Å²) in [6.45, 7) is 2.30. The molecule has 2 N–H and O–H groups in total. The Hall–Kier alpha value is -2.47. The third kappa shape index (κ3) is 3.17. The first-order valence-electron chi connectivity index (χ1n) is 7.01. The highest BCUT2D eigenvalue weighted by molar-refractivity contribution is 5.47. The van der Waals surface area contributed by atoms with E-state index in [0.29, 0.717) is 6.54 Å². The van der Waals surface area contributed by atoms with Gasteiger partial charge in [0.2, 0.25) is 0 Å². The average molecular weight is 282 g/mol. The van der Waals surface area contributed by atoms with Gasteiger partial charge in [0.05, 0.1) is 6.20 Å². The number of fused-ring (bicyclic) bond motifs is 1. The molecule has 0 amide bonds. The van der Waals surface area contributed by atoms with Gasteiger partial charge in [0.1, 0.15) is 5.82 Å². The number of nitrogens with zero attached hydrogens (tertiary/aromatic N) is 5. The van der Waals surface area contributed by atoms with Crippen LogP contribution in [0.3, 0.4) is 0 Å². The second-order valence-electron chi connectivity index (χ2n) is 4.84. The van der Waals surface area contributed by atoms with Gasteiger partial charge >= 0.3 is 0 Å². The fraction of sp³-hybridized carbons (Fsp3) is 0.267. The molecule has 108 valence electrons. The van der Waals surface area contributed by atoms with Crippen LogP contribution in [0.1, 0.15) is 12.0 Å². The molecule has 0 aliphatic carbocycles. The molecule has 3 aromatic heterocycles. The average Bonchev–Trinajstić information content (AvgIpc) is 3.00. The van der Waals surface area contributed by atoms with Gasteiger partial charge in [-0.3, -0.25) is 4.98 Å². The summed E-state index contributed by atoms with van der Waals surface area (Å²) in [6.07, 6.45) is 8.26. The zero-order valence-corrected chi connectivity index (χ0v) is 11.8. The quantitative estimate of drug-likeness (QED) is 0.741. The Morgan fingerprint density at radius 2 is 2.14 bits per heavy atom. The Morgan fingerprint density at radius 3 is 2.95 bits per heavy atom. The Labute approximate surface area is 123 Å². The molecule has 6 heteroatoms. The molecule has 3 heterocycles. The molecule has 3 rings (SSSR count). The molecule has 0 aliphatic heterocycles. The molecule has 6 nitrogen and oxygen atoms in total. The number of pyridine rings is 1. The highest BCUT2D eigenvalue weighted by atomic mass is 15.3. The van der Waals surface area contributed by atoms with E-state index in [1.165, 1.54) is 0 Å². The molecular formula is C15H18N6. The first-order valence-corrected chi connectivity index (χ1v) is 7.01. The van der Waals surface area contributed by atoms with Gasteiger partial charge in [-0.2, -0.15) is 5.10 Å². The van der Waals surface area contributed by atoms with Gasteiger partial charge in [-0.1, -0.05) is 6.07 Å². The summed E-state index contributed by atoms with van der Waals surface area (Å²) >= 11 is 0. The summed E-state index contributed by atoms with van der Waals surface area (Å²) < 4.78 is 1.76. The number of aromatic nitrogens is 4. The lowest BCUT2D eigenvalue weighted by Crippen LogP contribution is -2.26. The summed E-state index contributed by atoms with van der Waals surface area (Å²) in [5.74, 6) is 0.931. The Balaban J connectivity index is 1.86. The Bertz CT molecular complexity index is 693. The van der Waals surface area contributed by atoms with Gasteiger partial charge in [0.15, 0.2) is 5.65 Å². The summed E-state index contributed by atoms with van der Waals surface area (Å²) in [4.78, 5) is 11.0.